The molecule has 2 aromatic rings. The molecule has 0 unspecified atom stereocenters. The fourth-order valence-corrected chi connectivity index (χ4v) is 2.69. The average molecular weight is 293 g/mol. The van der Waals surface area contributed by atoms with Gasteiger partial charge in [-0.25, -0.2) is 0 Å². The minimum atomic E-state index is 0.669. The van der Waals surface area contributed by atoms with Crippen molar-refractivity contribution < 1.29 is 4.74 Å². The number of thiophene rings is 1. The maximum atomic E-state index is 5.89. The summed E-state index contributed by atoms with van der Waals surface area (Å²) in [4.78, 5) is 2.49. The van der Waals surface area contributed by atoms with Gasteiger partial charge in [-0.3, -0.25) is 0 Å². The summed E-state index contributed by atoms with van der Waals surface area (Å²) in [6, 6.07) is 12.2. The molecule has 0 atom stereocenters. The number of allylic oxidation sites excluding steroid dienone is 1. The molecular formula is C16H17ClOS. The van der Waals surface area contributed by atoms with Gasteiger partial charge < -0.3 is 4.74 Å². The van der Waals surface area contributed by atoms with Crippen LogP contribution in [0.3, 0.4) is 0 Å². The Bertz CT molecular complexity index is 550. The summed E-state index contributed by atoms with van der Waals surface area (Å²) in [5.41, 5.74) is 2.48. The van der Waals surface area contributed by atoms with Crippen molar-refractivity contribution in [1.29, 1.82) is 0 Å². The van der Waals surface area contributed by atoms with Gasteiger partial charge in [0.05, 0.1) is 13.2 Å². The smallest absolute Gasteiger partial charge is 0.0813 e. The van der Waals surface area contributed by atoms with Gasteiger partial charge >= 0.3 is 0 Å². The molecule has 0 radical (unpaired) electrons. The van der Waals surface area contributed by atoms with Crippen molar-refractivity contribution in [3.8, 4) is 10.4 Å². The fourth-order valence-electron chi connectivity index (χ4n) is 1.61. The highest BCUT2D eigenvalue weighted by molar-refractivity contribution is 7.15. The van der Waals surface area contributed by atoms with Gasteiger partial charge in [0.1, 0.15) is 0 Å². The normalized spacial score (nSPS) is 10.5. The molecular weight excluding hydrogens is 276 g/mol. The summed E-state index contributed by atoms with van der Waals surface area (Å²) >= 11 is 7.65. The minimum absolute atomic E-state index is 0.669. The number of rotatable bonds is 5. The molecule has 0 aliphatic rings. The van der Waals surface area contributed by atoms with Crippen molar-refractivity contribution >= 4 is 22.9 Å². The topological polar surface area (TPSA) is 9.23 Å². The third-order valence-corrected chi connectivity index (χ3v) is 4.00. The van der Waals surface area contributed by atoms with Gasteiger partial charge in [0.2, 0.25) is 0 Å². The Labute approximate surface area is 123 Å². The van der Waals surface area contributed by atoms with E-state index in [9.17, 15) is 0 Å². The van der Waals surface area contributed by atoms with Crippen molar-refractivity contribution in [2.45, 2.75) is 20.5 Å². The standard InChI is InChI=1S/C16H17ClOS/c1-12(2)9-10-18-11-15-7-8-16(19-15)13-3-5-14(17)6-4-13/h3-9H,10-11H2,1-2H3. The van der Waals surface area contributed by atoms with Crippen molar-refractivity contribution in [2.75, 3.05) is 6.61 Å². The number of hydrogen-bond donors (Lipinski definition) is 0. The van der Waals surface area contributed by atoms with Crippen molar-refractivity contribution in [1.82, 2.24) is 0 Å². The van der Waals surface area contributed by atoms with E-state index >= 15 is 0 Å². The Morgan fingerprint density at radius 2 is 1.89 bits per heavy atom. The van der Waals surface area contributed by atoms with Crippen LogP contribution in [0.25, 0.3) is 10.4 Å². The first-order valence-corrected chi connectivity index (χ1v) is 7.40. The molecule has 1 heterocycles. The zero-order valence-electron chi connectivity index (χ0n) is 11.2. The largest absolute Gasteiger partial charge is 0.372 e. The van der Waals surface area contributed by atoms with Crippen LogP contribution < -0.4 is 0 Å². The molecule has 1 aromatic heterocycles. The second kappa shape index (κ2) is 6.90. The van der Waals surface area contributed by atoms with E-state index in [0.29, 0.717) is 13.2 Å². The minimum Gasteiger partial charge on any atom is -0.372 e. The predicted octanol–water partition coefficient (Wildman–Crippen LogP) is 5.55. The first-order valence-electron chi connectivity index (χ1n) is 6.21. The van der Waals surface area contributed by atoms with Crippen LogP contribution in [-0.4, -0.2) is 6.61 Å². The molecule has 0 saturated carbocycles. The van der Waals surface area contributed by atoms with E-state index in [1.807, 2.05) is 24.3 Å². The maximum absolute atomic E-state index is 5.89. The van der Waals surface area contributed by atoms with Gasteiger partial charge in [-0.2, -0.15) is 0 Å². The first-order chi connectivity index (χ1) is 9.15. The molecule has 0 aliphatic carbocycles. The zero-order chi connectivity index (χ0) is 13.7. The zero-order valence-corrected chi connectivity index (χ0v) is 12.7. The summed E-state index contributed by atoms with van der Waals surface area (Å²) in [5, 5.41) is 0.769. The van der Waals surface area contributed by atoms with Crippen LogP contribution >= 0.6 is 22.9 Å². The molecule has 0 bridgehead atoms. The van der Waals surface area contributed by atoms with Crippen LogP contribution in [0, 0.1) is 0 Å². The van der Waals surface area contributed by atoms with E-state index in [0.717, 1.165) is 5.02 Å². The van der Waals surface area contributed by atoms with E-state index in [-0.39, 0.29) is 0 Å². The predicted molar refractivity (Wildman–Crippen MR) is 83.9 cm³/mol. The van der Waals surface area contributed by atoms with Gasteiger partial charge in [-0.1, -0.05) is 35.4 Å². The van der Waals surface area contributed by atoms with Crippen molar-refractivity contribution in [3.05, 3.63) is 57.9 Å². The van der Waals surface area contributed by atoms with E-state index in [4.69, 9.17) is 16.3 Å². The molecule has 3 heteroatoms. The Kier molecular flexibility index (Phi) is 5.20. The van der Waals surface area contributed by atoms with Crippen LogP contribution in [0.1, 0.15) is 18.7 Å². The highest BCUT2D eigenvalue weighted by atomic mass is 35.5. The van der Waals surface area contributed by atoms with Gasteiger partial charge in [-0.15, -0.1) is 11.3 Å². The second-order valence-electron chi connectivity index (χ2n) is 4.57. The van der Waals surface area contributed by atoms with E-state index < -0.39 is 0 Å². The van der Waals surface area contributed by atoms with Crippen LogP contribution in [-0.2, 0) is 11.3 Å². The fraction of sp³-hybridized carbons (Fsp3) is 0.250. The van der Waals surface area contributed by atoms with Crippen LogP contribution in [0.4, 0.5) is 0 Å². The average Bonchev–Trinajstić information content (AvgIpc) is 2.84. The van der Waals surface area contributed by atoms with E-state index in [1.165, 1.54) is 20.9 Å². The summed E-state index contributed by atoms with van der Waals surface area (Å²) in [6.07, 6.45) is 2.09. The number of halogens is 1. The lowest BCUT2D eigenvalue weighted by molar-refractivity contribution is 0.150. The van der Waals surface area contributed by atoms with Crippen LogP contribution in [0.2, 0.25) is 5.02 Å². The molecule has 2 rings (SSSR count). The van der Waals surface area contributed by atoms with E-state index in [1.54, 1.807) is 11.3 Å². The second-order valence-corrected chi connectivity index (χ2v) is 6.17. The molecule has 1 aromatic carbocycles. The summed E-state index contributed by atoms with van der Waals surface area (Å²) in [7, 11) is 0. The Morgan fingerprint density at radius 1 is 1.16 bits per heavy atom. The quantitative estimate of drug-likeness (QED) is 0.518. The highest BCUT2D eigenvalue weighted by Crippen LogP contribution is 2.29. The van der Waals surface area contributed by atoms with Crippen molar-refractivity contribution in [3.63, 3.8) is 0 Å². The van der Waals surface area contributed by atoms with Gasteiger partial charge in [0.25, 0.3) is 0 Å². The lowest BCUT2D eigenvalue weighted by Gasteiger charge is -1.99. The molecule has 0 spiro atoms. The molecule has 100 valence electrons. The molecule has 0 N–H and O–H groups in total. The van der Waals surface area contributed by atoms with Gasteiger partial charge in [0, 0.05) is 14.8 Å². The molecule has 0 amide bonds. The third-order valence-electron chi connectivity index (χ3n) is 2.64. The lowest BCUT2D eigenvalue weighted by Crippen LogP contribution is -1.90. The number of benzene rings is 1. The van der Waals surface area contributed by atoms with Crippen LogP contribution in [0.15, 0.2) is 48.0 Å². The summed E-state index contributed by atoms with van der Waals surface area (Å²) in [6.45, 7) is 5.50. The van der Waals surface area contributed by atoms with Gasteiger partial charge in [0.15, 0.2) is 0 Å². The Balaban J connectivity index is 1.95. The molecule has 19 heavy (non-hydrogen) atoms. The Morgan fingerprint density at radius 3 is 2.58 bits per heavy atom. The number of ether oxygens (including phenoxy) is 1. The monoisotopic (exact) mass is 292 g/mol. The van der Waals surface area contributed by atoms with Crippen LogP contribution in [0.5, 0.6) is 0 Å². The lowest BCUT2D eigenvalue weighted by atomic mass is 10.2. The number of hydrogen-bond acceptors (Lipinski definition) is 2. The SMILES string of the molecule is CC(C)=CCOCc1ccc(-c2ccc(Cl)cc2)s1. The summed E-state index contributed by atoms with van der Waals surface area (Å²) in [5.74, 6) is 0. The summed E-state index contributed by atoms with van der Waals surface area (Å²) < 4.78 is 5.61. The third kappa shape index (κ3) is 4.50. The van der Waals surface area contributed by atoms with Crippen molar-refractivity contribution in [2.24, 2.45) is 0 Å². The Hall–Kier alpha value is -1.09. The first kappa shape index (κ1) is 14.3. The molecule has 0 aliphatic heterocycles. The molecule has 1 nitrogen and oxygen atoms in total. The van der Waals surface area contributed by atoms with Gasteiger partial charge in [-0.05, 0) is 43.7 Å². The molecule has 0 saturated heterocycles. The van der Waals surface area contributed by atoms with E-state index in [2.05, 4.69) is 32.1 Å². The molecule has 0 fully saturated rings. The highest BCUT2D eigenvalue weighted by Gasteiger charge is 2.02. The maximum Gasteiger partial charge on any atom is 0.0813 e.